The van der Waals surface area contributed by atoms with Crippen LogP contribution in [0.1, 0.15) is 34.8 Å². The summed E-state index contributed by atoms with van der Waals surface area (Å²) in [6.07, 6.45) is -3.36. The molecule has 11 heteroatoms. The zero-order valence-electron chi connectivity index (χ0n) is 13.5. The third-order valence-electron chi connectivity index (χ3n) is 4.18. The molecular weight excluding hydrogens is 361 g/mol. The maximum absolute atomic E-state index is 12.8. The van der Waals surface area contributed by atoms with E-state index in [-0.39, 0.29) is 42.9 Å². The first kappa shape index (κ1) is 18.1. The number of sulfonamides is 1. The molecule has 1 saturated heterocycles. The molecule has 2 aliphatic rings. The summed E-state index contributed by atoms with van der Waals surface area (Å²) in [5.41, 5.74) is -1.50. The van der Waals surface area contributed by atoms with Crippen LogP contribution in [0.25, 0.3) is 0 Å². The lowest BCUT2D eigenvalue weighted by Crippen LogP contribution is -2.51. The van der Waals surface area contributed by atoms with E-state index in [4.69, 9.17) is 0 Å². The van der Waals surface area contributed by atoms with Crippen molar-refractivity contribution < 1.29 is 26.4 Å². The molecular formula is C14H17F3N4O3S. The lowest BCUT2D eigenvalue weighted by molar-refractivity contribution is -0.141. The Morgan fingerprint density at radius 1 is 1.16 bits per heavy atom. The molecule has 0 bridgehead atoms. The average Bonchev–Trinajstić information content (AvgIpc) is 3.38. The van der Waals surface area contributed by atoms with Crippen molar-refractivity contribution in [2.45, 2.75) is 31.2 Å². The van der Waals surface area contributed by atoms with Crippen LogP contribution >= 0.6 is 0 Å². The van der Waals surface area contributed by atoms with Gasteiger partial charge in [-0.3, -0.25) is 4.79 Å². The largest absolute Gasteiger partial charge is 0.433 e. The summed E-state index contributed by atoms with van der Waals surface area (Å²) < 4.78 is 64.2. The minimum atomic E-state index is -4.67. The molecule has 25 heavy (non-hydrogen) atoms. The van der Waals surface area contributed by atoms with Crippen molar-refractivity contribution in [3.8, 4) is 0 Å². The van der Waals surface area contributed by atoms with Crippen LogP contribution in [-0.2, 0) is 16.2 Å². The lowest BCUT2D eigenvalue weighted by Gasteiger charge is -2.34. The second kappa shape index (κ2) is 6.20. The first-order valence-electron chi connectivity index (χ1n) is 7.80. The molecule has 1 aliphatic heterocycles. The quantitative estimate of drug-likeness (QED) is 0.785. The predicted molar refractivity (Wildman–Crippen MR) is 81.2 cm³/mol. The van der Waals surface area contributed by atoms with Gasteiger partial charge in [0.25, 0.3) is 5.91 Å². The van der Waals surface area contributed by atoms with Crippen molar-refractivity contribution in [2.75, 3.05) is 26.2 Å². The fraction of sp³-hybridized carbons (Fsp3) is 0.643. The van der Waals surface area contributed by atoms with Crippen LogP contribution in [0.5, 0.6) is 0 Å². The third-order valence-corrected chi connectivity index (χ3v) is 6.58. The lowest BCUT2D eigenvalue weighted by atomic mass is 10.2. The van der Waals surface area contributed by atoms with E-state index in [9.17, 15) is 26.4 Å². The van der Waals surface area contributed by atoms with E-state index in [1.165, 1.54) is 16.1 Å². The van der Waals surface area contributed by atoms with Crippen molar-refractivity contribution in [1.82, 2.24) is 19.2 Å². The van der Waals surface area contributed by atoms with Crippen molar-refractivity contribution >= 4 is 15.9 Å². The van der Waals surface area contributed by atoms with Crippen LogP contribution in [0.2, 0.25) is 0 Å². The molecule has 0 N–H and O–H groups in total. The van der Waals surface area contributed by atoms with Crippen molar-refractivity contribution in [1.29, 1.82) is 0 Å². The van der Waals surface area contributed by atoms with Crippen molar-refractivity contribution in [3.05, 3.63) is 23.3 Å². The summed E-state index contributed by atoms with van der Waals surface area (Å²) in [7, 11) is -3.31. The van der Waals surface area contributed by atoms with E-state index >= 15 is 0 Å². The molecule has 2 heterocycles. The molecule has 1 aromatic rings. The smallest absolute Gasteiger partial charge is 0.335 e. The van der Waals surface area contributed by atoms with Crippen LogP contribution in [-0.4, -0.2) is 64.9 Å². The number of hydrogen-bond acceptors (Lipinski definition) is 5. The topological polar surface area (TPSA) is 83.5 Å². The number of aromatic nitrogens is 2. The zero-order valence-corrected chi connectivity index (χ0v) is 14.3. The number of halogens is 3. The Labute approximate surface area is 142 Å². The minimum Gasteiger partial charge on any atom is -0.335 e. The summed E-state index contributed by atoms with van der Waals surface area (Å²) in [5, 5.41) is -0.325. The van der Waals surface area contributed by atoms with Gasteiger partial charge >= 0.3 is 6.18 Å². The van der Waals surface area contributed by atoms with Gasteiger partial charge in [0.05, 0.1) is 5.25 Å². The summed E-state index contributed by atoms with van der Waals surface area (Å²) >= 11 is 0. The predicted octanol–water partition coefficient (Wildman–Crippen LogP) is 1.05. The van der Waals surface area contributed by atoms with E-state index in [1.54, 1.807) is 0 Å². The number of amides is 1. The number of hydrogen-bond donors (Lipinski definition) is 0. The van der Waals surface area contributed by atoms with Crippen LogP contribution in [0.15, 0.2) is 6.07 Å². The second-order valence-corrected chi connectivity index (χ2v) is 8.33. The van der Waals surface area contributed by atoms with Crippen LogP contribution in [0.4, 0.5) is 13.2 Å². The Bertz CT molecular complexity index is 785. The van der Waals surface area contributed by atoms with Gasteiger partial charge in [-0.15, -0.1) is 0 Å². The molecule has 1 aromatic heterocycles. The highest BCUT2D eigenvalue weighted by Crippen LogP contribution is 2.31. The first-order valence-corrected chi connectivity index (χ1v) is 9.30. The molecule has 1 amide bonds. The number of piperazine rings is 1. The molecule has 0 spiro atoms. The Hall–Kier alpha value is -1.75. The highest BCUT2D eigenvalue weighted by molar-refractivity contribution is 7.90. The summed E-state index contributed by atoms with van der Waals surface area (Å²) in [6, 6.07) is 0.628. The zero-order chi connectivity index (χ0) is 18.4. The maximum atomic E-state index is 12.8. The molecule has 1 aliphatic carbocycles. The van der Waals surface area contributed by atoms with Gasteiger partial charge in [0.2, 0.25) is 10.0 Å². The SMILES string of the molecule is Cc1nc(C(=O)N2CCN(S(=O)(=O)C3CC3)CC2)cc(C(F)(F)F)n1. The Balaban J connectivity index is 1.72. The van der Waals surface area contributed by atoms with Gasteiger partial charge in [0.15, 0.2) is 0 Å². The fourth-order valence-corrected chi connectivity index (χ4v) is 4.53. The Morgan fingerprint density at radius 2 is 1.76 bits per heavy atom. The van der Waals surface area contributed by atoms with Crippen LogP contribution < -0.4 is 0 Å². The normalized spacial score (nSPS) is 19.9. The highest BCUT2D eigenvalue weighted by Gasteiger charge is 2.41. The first-order chi connectivity index (χ1) is 11.6. The van der Waals surface area contributed by atoms with Crippen LogP contribution in [0, 0.1) is 6.92 Å². The molecule has 7 nitrogen and oxygen atoms in total. The molecule has 138 valence electrons. The van der Waals surface area contributed by atoms with E-state index < -0.39 is 27.8 Å². The Morgan fingerprint density at radius 3 is 2.28 bits per heavy atom. The second-order valence-electron chi connectivity index (χ2n) is 6.12. The van der Waals surface area contributed by atoms with Gasteiger partial charge in [-0.05, 0) is 19.8 Å². The van der Waals surface area contributed by atoms with Gasteiger partial charge in [0.1, 0.15) is 17.2 Å². The summed E-state index contributed by atoms with van der Waals surface area (Å²) in [5.74, 6) is -0.799. The minimum absolute atomic E-state index is 0.120. The van der Waals surface area contributed by atoms with Gasteiger partial charge in [-0.2, -0.15) is 17.5 Å². The molecule has 3 rings (SSSR count). The molecule has 2 fully saturated rings. The Kier molecular flexibility index (Phi) is 4.48. The van der Waals surface area contributed by atoms with E-state index in [1.807, 2.05) is 0 Å². The third kappa shape index (κ3) is 3.76. The fourth-order valence-electron chi connectivity index (χ4n) is 2.71. The van der Waals surface area contributed by atoms with Gasteiger partial charge in [0, 0.05) is 32.2 Å². The van der Waals surface area contributed by atoms with Crippen LogP contribution in [0.3, 0.4) is 0 Å². The molecule has 1 saturated carbocycles. The summed E-state index contributed by atoms with van der Waals surface area (Å²) in [4.78, 5) is 20.9. The number of nitrogens with zero attached hydrogens (tertiary/aromatic N) is 4. The molecule has 0 radical (unpaired) electrons. The van der Waals surface area contributed by atoms with E-state index in [0.29, 0.717) is 18.9 Å². The highest BCUT2D eigenvalue weighted by atomic mass is 32.2. The number of rotatable bonds is 3. The number of carbonyl (C=O) groups excluding carboxylic acids is 1. The van der Waals surface area contributed by atoms with Crippen molar-refractivity contribution in [3.63, 3.8) is 0 Å². The van der Waals surface area contributed by atoms with E-state index in [2.05, 4.69) is 9.97 Å². The van der Waals surface area contributed by atoms with Gasteiger partial charge < -0.3 is 4.90 Å². The standard InChI is InChI=1S/C14H17F3N4O3S/c1-9-18-11(8-12(19-9)14(15,16)17)13(22)20-4-6-21(7-5-20)25(23,24)10-2-3-10/h8,10H,2-7H2,1H3. The molecule has 0 atom stereocenters. The molecule has 0 unspecified atom stereocenters. The summed E-state index contributed by atoms with van der Waals surface area (Å²) in [6.45, 7) is 1.80. The van der Waals surface area contributed by atoms with E-state index in [0.717, 1.165) is 0 Å². The van der Waals surface area contributed by atoms with Gasteiger partial charge in [-0.1, -0.05) is 0 Å². The number of carbonyl (C=O) groups is 1. The average molecular weight is 378 g/mol. The monoisotopic (exact) mass is 378 g/mol. The van der Waals surface area contributed by atoms with Gasteiger partial charge in [-0.25, -0.2) is 18.4 Å². The number of alkyl halides is 3. The number of aryl methyl sites for hydroxylation is 1. The maximum Gasteiger partial charge on any atom is 0.433 e. The molecule has 0 aromatic carbocycles. The van der Waals surface area contributed by atoms with Crippen molar-refractivity contribution in [2.24, 2.45) is 0 Å².